The molecule has 1 saturated heterocycles. The van der Waals surface area contributed by atoms with E-state index in [1.54, 1.807) is 4.90 Å². The van der Waals surface area contributed by atoms with Crippen molar-refractivity contribution in [2.24, 2.45) is 5.92 Å². The number of carbonyl (C=O) groups excluding carboxylic acids is 2. The fourth-order valence-electron chi connectivity index (χ4n) is 1.85. The number of carbonyl (C=O) groups is 2. The standard InChI is InChI=1S/C13H16N2O2/c1-9-5-3-4-6-12(9)14-13(17)11-7-15(8-11)10(2)16/h3-6,11H,7-8H2,1-2H3,(H,14,17). The van der Waals surface area contributed by atoms with Gasteiger partial charge < -0.3 is 10.2 Å². The van der Waals surface area contributed by atoms with E-state index in [9.17, 15) is 9.59 Å². The van der Waals surface area contributed by atoms with Crippen LogP contribution in [-0.2, 0) is 9.59 Å². The summed E-state index contributed by atoms with van der Waals surface area (Å²) >= 11 is 0. The summed E-state index contributed by atoms with van der Waals surface area (Å²) < 4.78 is 0. The van der Waals surface area contributed by atoms with Crippen LogP contribution in [0.2, 0.25) is 0 Å². The Hall–Kier alpha value is -1.84. The first-order chi connectivity index (χ1) is 8.08. The maximum Gasteiger partial charge on any atom is 0.231 e. The first kappa shape index (κ1) is 11.6. The smallest absolute Gasteiger partial charge is 0.231 e. The van der Waals surface area contributed by atoms with E-state index in [0.29, 0.717) is 13.1 Å². The second-order valence-corrected chi connectivity index (χ2v) is 4.43. The van der Waals surface area contributed by atoms with Crippen molar-refractivity contribution in [2.75, 3.05) is 18.4 Å². The van der Waals surface area contributed by atoms with Crippen LogP contribution in [0.25, 0.3) is 0 Å². The van der Waals surface area contributed by atoms with Gasteiger partial charge in [-0.05, 0) is 18.6 Å². The molecule has 2 amide bonds. The van der Waals surface area contributed by atoms with Crippen LogP contribution in [0.5, 0.6) is 0 Å². The second kappa shape index (κ2) is 4.57. The number of benzene rings is 1. The molecule has 1 aliphatic rings. The van der Waals surface area contributed by atoms with Crippen molar-refractivity contribution in [1.29, 1.82) is 0 Å². The van der Waals surface area contributed by atoms with E-state index in [1.807, 2.05) is 31.2 Å². The minimum atomic E-state index is -0.0708. The fraction of sp³-hybridized carbons (Fsp3) is 0.385. The van der Waals surface area contributed by atoms with Gasteiger partial charge in [0.05, 0.1) is 5.92 Å². The van der Waals surface area contributed by atoms with Crippen molar-refractivity contribution in [2.45, 2.75) is 13.8 Å². The summed E-state index contributed by atoms with van der Waals surface area (Å²) in [4.78, 5) is 24.5. The van der Waals surface area contributed by atoms with Gasteiger partial charge in [-0.1, -0.05) is 18.2 Å². The van der Waals surface area contributed by atoms with Crippen LogP contribution in [0.3, 0.4) is 0 Å². The van der Waals surface area contributed by atoms with Crippen LogP contribution >= 0.6 is 0 Å². The van der Waals surface area contributed by atoms with Gasteiger partial charge in [0.1, 0.15) is 0 Å². The first-order valence-electron chi connectivity index (χ1n) is 5.70. The van der Waals surface area contributed by atoms with Gasteiger partial charge in [0.2, 0.25) is 11.8 Å². The third kappa shape index (κ3) is 2.46. The van der Waals surface area contributed by atoms with E-state index >= 15 is 0 Å². The normalized spacial score (nSPS) is 15.3. The van der Waals surface area contributed by atoms with Crippen molar-refractivity contribution >= 4 is 17.5 Å². The Kier molecular flexibility index (Phi) is 3.13. The van der Waals surface area contributed by atoms with Gasteiger partial charge in [0.15, 0.2) is 0 Å². The van der Waals surface area contributed by atoms with E-state index in [4.69, 9.17) is 0 Å². The molecule has 1 N–H and O–H groups in total. The summed E-state index contributed by atoms with van der Waals surface area (Å²) in [5, 5.41) is 2.89. The Morgan fingerprint density at radius 2 is 1.94 bits per heavy atom. The lowest BCUT2D eigenvalue weighted by atomic mass is 9.99. The third-order valence-corrected chi connectivity index (χ3v) is 3.10. The van der Waals surface area contributed by atoms with Crippen LogP contribution < -0.4 is 5.32 Å². The fourth-order valence-corrected chi connectivity index (χ4v) is 1.85. The van der Waals surface area contributed by atoms with Gasteiger partial charge in [-0.2, -0.15) is 0 Å². The molecule has 0 atom stereocenters. The van der Waals surface area contributed by atoms with Crippen molar-refractivity contribution in [3.8, 4) is 0 Å². The number of hydrogen-bond acceptors (Lipinski definition) is 2. The minimum absolute atomic E-state index is 0.00296. The molecule has 2 rings (SSSR count). The number of hydrogen-bond donors (Lipinski definition) is 1. The highest BCUT2D eigenvalue weighted by Crippen LogP contribution is 2.19. The molecule has 1 aromatic rings. The molecule has 1 fully saturated rings. The van der Waals surface area contributed by atoms with Crippen molar-refractivity contribution in [3.05, 3.63) is 29.8 Å². The third-order valence-electron chi connectivity index (χ3n) is 3.10. The molecule has 1 heterocycles. The van der Waals surface area contributed by atoms with Crippen LogP contribution in [-0.4, -0.2) is 29.8 Å². The number of nitrogens with zero attached hydrogens (tertiary/aromatic N) is 1. The lowest BCUT2D eigenvalue weighted by molar-refractivity contribution is -0.139. The topological polar surface area (TPSA) is 49.4 Å². The van der Waals surface area contributed by atoms with E-state index < -0.39 is 0 Å². The van der Waals surface area contributed by atoms with Crippen LogP contribution in [0.4, 0.5) is 5.69 Å². The second-order valence-electron chi connectivity index (χ2n) is 4.43. The molecule has 0 saturated carbocycles. The largest absolute Gasteiger partial charge is 0.341 e. The molecule has 1 aromatic carbocycles. The van der Waals surface area contributed by atoms with Gasteiger partial charge >= 0.3 is 0 Å². The van der Waals surface area contributed by atoms with Crippen LogP contribution in [0, 0.1) is 12.8 Å². The molecule has 4 nitrogen and oxygen atoms in total. The first-order valence-corrected chi connectivity index (χ1v) is 5.70. The number of para-hydroxylation sites is 1. The summed E-state index contributed by atoms with van der Waals surface area (Å²) in [6, 6.07) is 7.67. The zero-order chi connectivity index (χ0) is 12.4. The van der Waals surface area contributed by atoms with E-state index in [-0.39, 0.29) is 17.7 Å². The number of likely N-dealkylation sites (tertiary alicyclic amines) is 1. The van der Waals surface area contributed by atoms with Crippen molar-refractivity contribution in [3.63, 3.8) is 0 Å². The highest BCUT2D eigenvalue weighted by atomic mass is 16.2. The molecule has 0 aliphatic carbocycles. The molecule has 0 spiro atoms. The molecule has 0 radical (unpaired) electrons. The Morgan fingerprint density at radius 3 is 2.53 bits per heavy atom. The van der Waals surface area contributed by atoms with Gasteiger partial charge in [-0.25, -0.2) is 0 Å². The molecule has 0 aromatic heterocycles. The molecule has 0 unspecified atom stereocenters. The molecular formula is C13H16N2O2. The number of amides is 2. The van der Waals surface area contributed by atoms with Crippen molar-refractivity contribution in [1.82, 2.24) is 4.90 Å². The predicted molar refractivity (Wildman–Crippen MR) is 65.6 cm³/mol. The highest BCUT2D eigenvalue weighted by molar-refractivity contribution is 5.95. The number of nitrogens with one attached hydrogen (secondary N) is 1. The van der Waals surface area contributed by atoms with Crippen LogP contribution in [0.1, 0.15) is 12.5 Å². The van der Waals surface area contributed by atoms with Crippen molar-refractivity contribution < 1.29 is 9.59 Å². The highest BCUT2D eigenvalue weighted by Gasteiger charge is 2.34. The monoisotopic (exact) mass is 232 g/mol. The van der Waals surface area contributed by atoms with Gasteiger partial charge in [0, 0.05) is 25.7 Å². The summed E-state index contributed by atoms with van der Waals surface area (Å²) in [6.07, 6.45) is 0. The zero-order valence-corrected chi connectivity index (χ0v) is 10.1. The predicted octanol–water partition coefficient (Wildman–Crippen LogP) is 1.41. The van der Waals surface area contributed by atoms with Crippen LogP contribution in [0.15, 0.2) is 24.3 Å². The SMILES string of the molecule is CC(=O)N1CC(C(=O)Nc2ccccc2C)C1. The number of rotatable bonds is 2. The Morgan fingerprint density at radius 1 is 1.29 bits per heavy atom. The lowest BCUT2D eigenvalue weighted by Crippen LogP contribution is -2.53. The molecule has 0 bridgehead atoms. The average molecular weight is 232 g/mol. The maximum atomic E-state index is 11.9. The van der Waals surface area contributed by atoms with Gasteiger partial charge in [-0.15, -0.1) is 0 Å². The lowest BCUT2D eigenvalue weighted by Gasteiger charge is -2.37. The molecule has 1 aliphatic heterocycles. The maximum absolute atomic E-state index is 11.9. The molecular weight excluding hydrogens is 216 g/mol. The number of aryl methyl sites for hydroxylation is 1. The van der Waals surface area contributed by atoms with E-state index in [2.05, 4.69) is 5.32 Å². The summed E-state index contributed by atoms with van der Waals surface area (Å²) in [7, 11) is 0. The average Bonchev–Trinajstić information content (AvgIpc) is 2.18. The van der Waals surface area contributed by atoms with Gasteiger partial charge in [-0.3, -0.25) is 9.59 Å². The molecule has 90 valence electrons. The Labute approximate surface area is 101 Å². The summed E-state index contributed by atoms with van der Waals surface area (Å²) in [6.45, 7) is 4.55. The zero-order valence-electron chi connectivity index (χ0n) is 10.1. The van der Waals surface area contributed by atoms with Gasteiger partial charge in [0.25, 0.3) is 0 Å². The minimum Gasteiger partial charge on any atom is -0.341 e. The summed E-state index contributed by atoms with van der Waals surface area (Å²) in [5.41, 5.74) is 1.89. The molecule has 17 heavy (non-hydrogen) atoms. The summed E-state index contributed by atoms with van der Waals surface area (Å²) in [5.74, 6) is -0.0414. The van der Waals surface area contributed by atoms with E-state index in [0.717, 1.165) is 11.3 Å². The quantitative estimate of drug-likeness (QED) is 0.838. The molecule has 4 heteroatoms. The Balaban J connectivity index is 1.91. The Bertz CT molecular complexity index is 450. The van der Waals surface area contributed by atoms with E-state index in [1.165, 1.54) is 6.92 Å². The number of anilines is 1.